The average Bonchev–Trinajstić information content (AvgIpc) is 3.46. The monoisotopic (exact) mass is 425 g/mol. The molecule has 5 heteroatoms. The van der Waals surface area contributed by atoms with Gasteiger partial charge in [0.15, 0.2) is 11.5 Å². The van der Waals surface area contributed by atoms with Gasteiger partial charge in [0.2, 0.25) is 5.78 Å². The fourth-order valence-corrected chi connectivity index (χ4v) is 3.62. The molecule has 0 aliphatic heterocycles. The van der Waals surface area contributed by atoms with E-state index in [2.05, 4.69) is 5.16 Å². The molecule has 2 aromatic heterocycles. The molecule has 5 aromatic rings. The van der Waals surface area contributed by atoms with Crippen molar-refractivity contribution in [2.45, 2.75) is 0 Å². The van der Waals surface area contributed by atoms with Crippen LogP contribution >= 0.6 is 11.6 Å². The van der Waals surface area contributed by atoms with Crippen molar-refractivity contribution in [3.8, 4) is 22.6 Å². The normalized spacial score (nSPS) is 11.4. The van der Waals surface area contributed by atoms with Crippen LogP contribution in [0.3, 0.4) is 0 Å². The Bertz CT molecular complexity index is 1410. The summed E-state index contributed by atoms with van der Waals surface area (Å²) in [6, 6.07) is 26.3. The number of rotatable bonds is 5. The van der Waals surface area contributed by atoms with E-state index in [1.54, 1.807) is 24.3 Å². The summed E-state index contributed by atoms with van der Waals surface area (Å²) >= 11 is 6.21. The van der Waals surface area contributed by atoms with Gasteiger partial charge in [0.25, 0.3) is 0 Å². The van der Waals surface area contributed by atoms with Crippen LogP contribution in [-0.4, -0.2) is 10.9 Å². The molecule has 0 fully saturated rings. The predicted molar refractivity (Wildman–Crippen MR) is 122 cm³/mol. The molecule has 4 nitrogen and oxygen atoms in total. The minimum Gasteiger partial charge on any atom is -0.453 e. The molecule has 3 aromatic carbocycles. The molecule has 2 heterocycles. The zero-order valence-electron chi connectivity index (χ0n) is 16.3. The molecule has 0 saturated carbocycles. The van der Waals surface area contributed by atoms with Crippen molar-refractivity contribution in [1.82, 2.24) is 5.16 Å². The second kappa shape index (κ2) is 8.09. The fourth-order valence-electron chi connectivity index (χ4n) is 3.39. The number of hydrogen-bond acceptors (Lipinski definition) is 4. The molecule has 0 N–H and O–H groups in total. The standard InChI is InChI=1S/C26H16ClNO3/c27-21-9-5-4-8-19(21)24-14-15-25(30-24)23(29)13-11-17-10-12-22-20(16-17)26(31-28-22)18-6-2-1-3-7-18/h1-16H. The molecule has 5 rings (SSSR count). The highest BCUT2D eigenvalue weighted by molar-refractivity contribution is 6.33. The molecule has 0 unspecified atom stereocenters. The van der Waals surface area contributed by atoms with Crippen LogP contribution in [0, 0.1) is 0 Å². The van der Waals surface area contributed by atoms with E-state index in [1.807, 2.05) is 66.7 Å². The second-order valence-corrected chi connectivity index (χ2v) is 7.40. The summed E-state index contributed by atoms with van der Waals surface area (Å²) in [5, 5.41) is 5.59. The Kier molecular flexibility index (Phi) is 4.98. The molecular formula is C26H16ClNO3. The highest BCUT2D eigenvalue weighted by atomic mass is 35.5. The maximum Gasteiger partial charge on any atom is 0.221 e. The average molecular weight is 426 g/mol. The number of benzene rings is 3. The lowest BCUT2D eigenvalue weighted by molar-refractivity contribution is 0.102. The van der Waals surface area contributed by atoms with Crippen LogP contribution < -0.4 is 0 Å². The van der Waals surface area contributed by atoms with Gasteiger partial charge >= 0.3 is 0 Å². The number of halogens is 1. The van der Waals surface area contributed by atoms with Crippen molar-refractivity contribution in [3.63, 3.8) is 0 Å². The SMILES string of the molecule is O=C(C=Cc1ccc2noc(-c3ccccc3)c2c1)c1ccc(-c2ccccc2Cl)o1. The molecule has 0 radical (unpaired) electrons. The quantitative estimate of drug-likeness (QED) is 0.219. The third-order valence-electron chi connectivity index (χ3n) is 4.95. The van der Waals surface area contributed by atoms with Crippen molar-refractivity contribution < 1.29 is 13.7 Å². The Balaban J connectivity index is 1.40. The minimum atomic E-state index is -0.230. The Hall–Kier alpha value is -3.89. The van der Waals surface area contributed by atoms with E-state index in [-0.39, 0.29) is 11.5 Å². The molecule has 0 saturated heterocycles. The van der Waals surface area contributed by atoms with Crippen LogP contribution in [0.15, 0.2) is 99.9 Å². The number of hydrogen-bond donors (Lipinski definition) is 0. The van der Waals surface area contributed by atoms with Crippen molar-refractivity contribution in [2.24, 2.45) is 0 Å². The highest BCUT2D eigenvalue weighted by Gasteiger charge is 2.13. The molecule has 0 bridgehead atoms. The van der Waals surface area contributed by atoms with Gasteiger partial charge in [-0.15, -0.1) is 0 Å². The number of furan rings is 1. The lowest BCUT2D eigenvalue weighted by Gasteiger charge is -1.99. The highest BCUT2D eigenvalue weighted by Crippen LogP contribution is 2.30. The molecule has 31 heavy (non-hydrogen) atoms. The van der Waals surface area contributed by atoms with Crippen molar-refractivity contribution >= 4 is 34.4 Å². The Morgan fingerprint density at radius 2 is 1.71 bits per heavy atom. The predicted octanol–water partition coefficient (Wildman–Crippen LogP) is 7.30. The van der Waals surface area contributed by atoms with Crippen LogP contribution in [0.1, 0.15) is 16.1 Å². The first-order chi connectivity index (χ1) is 15.2. The maximum atomic E-state index is 12.6. The lowest BCUT2D eigenvalue weighted by atomic mass is 10.1. The third-order valence-corrected chi connectivity index (χ3v) is 5.28. The zero-order valence-corrected chi connectivity index (χ0v) is 17.0. The van der Waals surface area contributed by atoms with E-state index in [4.69, 9.17) is 20.5 Å². The van der Waals surface area contributed by atoms with Crippen LogP contribution in [0.2, 0.25) is 5.02 Å². The molecule has 0 atom stereocenters. The van der Waals surface area contributed by atoms with Gasteiger partial charge in [-0.3, -0.25) is 4.79 Å². The minimum absolute atomic E-state index is 0.230. The first kappa shape index (κ1) is 19.1. The van der Waals surface area contributed by atoms with E-state index in [0.717, 1.165) is 27.6 Å². The van der Waals surface area contributed by atoms with Gasteiger partial charge < -0.3 is 8.94 Å². The summed E-state index contributed by atoms with van der Waals surface area (Å²) in [5.41, 5.74) is 3.32. The van der Waals surface area contributed by atoms with Gasteiger partial charge in [0, 0.05) is 11.1 Å². The Morgan fingerprint density at radius 3 is 2.55 bits per heavy atom. The third kappa shape index (κ3) is 3.81. The summed E-state index contributed by atoms with van der Waals surface area (Å²) in [6.07, 6.45) is 3.24. The lowest BCUT2D eigenvalue weighted by Crippen LogP contribution is -1.90. The van der Waals surface area contributed by atoms with Gasteiger partial charge in [0.1, 0.15) is 11.3 Å². The Morgan fingerprint density at radius 1 is 0.903 bits per heavy atom. The number of carbonyl (C=O) groups excluding carboxylic acids is 1. The Labute approximate surface area is 183 Å². The topological polar surface area (TPSA) is 56.2 Å². The first-order valence-electron chi connectivity index (χ1n) is 9.71. The number of allylic oxidation sites excluding steroid dienone is 1. The largest absolute Gasteiger partial charge is 0.453 e. The summed E-state index contributed by atoms with van der Waals surface area (Å²) in [7, 11) is 0. The smallest absolute Gasteiger partial charge is 0.221 e. The number of carbonyl (C=O) groups is 1. The summed E-state index contributed by atoms with van der Waals surface area (Å²) in [4.78, 5) is 12.6. The summed E-state index contributed by atoms with van der Waals surface area (Å²) < 4.78 is 11.3. The molecular weight excluding hydrogens is 410 g/mol. The van der Waals surface area contributed by atoms with Crippen LogP contribution in [-0.2, 0) is 0 Å². The molecule has 0 spiro atoms. The van der Waals surface area contributed by atoms with Gasteiger partial charge in [-0.1, -0.05) is 71.4 Å². The van der Waals surface area contributed by atoms with E-state index >= 15 is 0 Å². The van der Waals surface area contributed by atoms with Crippen molar-refractivity contribution in [1.29, 1.82) is 0 Å². The molecule has 0 amide bonds. The van der Waals surface area contributed by atoms with Crippen LogP contribution in [0.4, 0.5) is 0 Å². The number of fused-ring (bicyclic) bond motifs is 1. The van der Waals surface area contributed by atoms with Gasteiger partial charge in [-0.05, 0) is 48.0 Å². The van der Waals surface area contributed by atoms with E-state index in [1.165, 1.54) is 6.08 Å². The number of aromatic nitrogens is 1. The summed E-state index contributed by atoms with van der Waals surface area (Å²) in [5.74, 6) is 1.28. The van der Waals surface area contributed by atoms with Gasteiger partial charge in [0.05, 0.1) is 10.4 Å². The maximum absolute atomic E-state index is 12.6. The van der Waals surface area contributed by atoms with Crippen LogP contribution in [0.5, 0.6) is 0 Å². The van der Waals surface area contributed by atoms with E-state index in [9.17, 15) is 4.79 Å². The number of nitrogens with zero attached hydrogens (tertiary/aromatic N) is 1. The number of ketones is 1. The van der Waals surface area contributed by atoms with E-state index < -0.39 is 0 Å². The zero-order chi connectivity index (χ0) is 21.2. The van der Waals surface area contributed by atoms with Crippen molar-refractivity contribution in [3.05, 3.63) is 107 Å². The first-order valence-corrected chi connectivity index (χ1v) is 10.1. The molecule has 150 valence electrons. The van der Waals surface area contributed by atoms with Crippen molar-refractivity contribution in [2.75, 3.05) is 0 Å². The second-order valence-electron chi connectivity index (χ2n) is 7.00. The van der Waals surface area contributed by atoms with Gasteiger partial charge in [-0.25, -0.2) is 0 Å². The van der Waals surface area contributed by atoms with Crippen LogP contribution in [0.25, 0.3) is 39.6 Å². The van der Waals surface area contributed by atoms with E-state index in [0.29, 0.717) is 16.5 Å². The molecule has 0 aliphatic rings. The van der Waals surface area contributed by atoms with Gasteiger partial charge in [-0.2, -0.15) is 0 Å². The summed E-state index contributed by atoms with van der Waals surface area (Å²) in [6.45, 7) is 0. The fraction of sp³-hybridized carbons (Fsp3) is 0. The molecule has 0 aliphatic carbocycles.